The van der Waals surface area contributed by atoms with Crippen molar-refractivity contribution in [2.24, 2.45) is 5.92 Å². The second kappa shape index (κ2) is 5.05. The first-order chi connectivity index (χ1) is 11.3. The van der Waals surface area contributed by atoms with Crippen molar-refractivity contribution in [3.8, 4) is 0 Å². The number of fused-ring (bicyclic) bond motifs is 5. The lowest BCUT2D eigenvalue weighted by molar-refractivity contribution is 0.709. The van der Waals surface area contributed by atoms with Gasteiger partial charge < -0.3 is 4.90 Å². The molecule has 0 saturated carbocycles. The van der Waals surface area contributed by atoms with Crippen LogP contribution >= 0.6 is 23.4 Å². The van der Waals surface area contributed by atoms with E-state index in [0.717, 1.165) is 5.02 Å². The van der Waals surface area contributed by atoms with Crippen molar-refractivity contribution in [3.05, 3.63) is 88.5 Å². The highest BCUT2D eigenvalue weighted by Gasteiger charge is 2.44. The summed E-state index contributed by atoms with van der Waals surface area (Å²) in [5, 5.41) is 2.14. The number of thioether (sulfide) groups is 1. The molecule has 2 aromatic carbocycles. The predicted molar refractivity (Wildman–Crippen MR) is 98.7 cm³/mol. The van der Waals surface area contributed by atoms with Crippen molar-refractivity contribution in [1.82, 2.24) is 0 Å². The van der Waals surface area contributed by atoms with Crippen LogP contribution < -0.4 is 4.90 Å². The molecule has 5 rings (SSSR count). The van der Waals surface area contributed by atoms with Crippen molar-refractivity contribution < 1.29 is 0 Å². The minimum atomic E-state index is 0.345. The number of halogens is 1. The Bertz CT molecular complexity index is 882. The highest BCUT2D eigenvalue weighted by atomic mass is 35.5. The molecule has 2 heterocycles. The van der Waals surface area contributed by atoms with Crippen LogP contribution in [-0.2, 0) is 0 Å². The molecular weight excluding hydrogens is 322 g/mol. The number of hydrogen-bond donors (Lipinski definition) is 0. The average molecular weight is 336 g/mol. The van der Waals surface area contributed by atoms with Crippen LogP contribution in [0.25, 0.3) is 5.57 Å². The summed E-state index contributed by atoms with van der Waals surface area (Å²) in [6.45, 7) is 0. The fourth-order valence-corrected chi connectivity index (χ4v) is 5.15. The number of nitrogens with zero attached hydrogens (tertiary/aromatic N) is 1. The molecule has 0 bridgehead atoms. The minimum Gasteiger partial charge on any atom is -0.327 e. The third kappa shape index (κ3) is 1.95. The number of allylic oxidation sites excluding steroid dienone is 2. The summed E-state index contributed by atoms with van der Waals surface area (Å²) in [6.07, 6.45) is 8.94. The number of rotatable bonds is 1. The standard InChI is InChI=1S/C20H14ClNS/c21-14-10-11-18-17(12-14)22-16-9-5-4-8-15(16)19(20(22)23-18)13-6-2-1-3-7-13/h1-12,15-16H. The van der Waals surface area contributed by atoms with Crippen LogP contribution in [0.4, 0.5) is 5.69 Å². The van der Waals surface area contributed by atoms with E-state index in [9.17, 15) is 0 Å². The lowest BCUT2D eigenvalue weighted by Crippen LogP contribution is -2.30. The summed E-state index contributed by atoms with van der Waals surface area (Å²) < 4.78 is 0. The Hall–Kier alpha value is -1.90. The first kappa shape index (κ1) is 13.5. The van der Waals surface area contributed by atoms with Crippen molar-refractivity contribution >= 4 is 34.6 Å². The second-order valence-corrected chi connectivity index (χ2v) is 7.42. The SMILES string of the molecule is Clc1ccc2c(c1)N1C(=C(c3ccccc3)C3C=CC=CC31)S2. The van der Waals surface area contributed by atoms with Crippen LogP contribution in [0.1, 0.15) is 5.56 Å². The van der Waals surface area contributed by atoms with E-state index in [4.69, 9.17) is 11.6 Å². The number of benzene rings is 2. The maximum Gasteiger partial charge on any atom is 0.0853 e. The fourth-order valence-electron chi connectivity index (χ4n) is 3.69. The van der Waals surface area contributed by atoms with Gasteiger partial charge in [-0.2, -0.15) is 0 Å². The van der Waals surface area contributed by atoms with Crippen molar-refractivity contribution in [2.75, 3.05) is 4.90 Å². The van der Waals surface area contributed by atoms with Gasteiger partial charge in [0.25, 0.3) is 0 Å². The highest BCUT2D eigenvalue weighted by Crippen LogP contribution is 2.57. The maximum absolute atomic E-state index is 6.26. The average Bonchev–Trinajstić information content (AvgIpc) is 3.10. The zero-order valence-corrected chi connectivity index (χ0v) is 13.9. The first-order valence-corrected chi connectivity index (χ1v) is 8.93. The predicted octanol–water partition coefficient (Wildman–Crippen LogP) is 5.75. The van der Waals surface area contributed by atoms with E-state index < -0.39 is 0 Å². The minimum absolute atomic E-state index is 0.345. The highest BCUT2D eigenvalue weighted by molar-refractivity contribution is 8.04. The molecule has 3 heteroatoms. The lowest BCUT2D eigenvalue weighted by Gasteiger charge is -2.27. The Morgan fingerprint density at radius 3 is 2.65 bits per heavy atom. The first-order valence-electron chi connectivity index (χ1n) is 7.74. The third-order valence-electron chi connectivity index (χ3n) is 4.66. The van der Waals surface area contributed by atoms with E-state index in [1.54, 1.807) is 0 Å². The molecular formula is C20H14ClNS. The Morgan fingerprint density at radius 1 is 0.957 bits per heavy atom. The van der Waals surface area contributed by atoms with Gasteiger partial charge in [0.1, 0.15) is 0 Å². The van der Waals surface area contributed by atoms with Crippen LogP contribution in [0.5, 0.6) is 0 Å². The largest absolute Gasteiger partial charge is 0.327 e. The van der Waals surface area contributed by atoms with Crippen molar-refractivity contribution in [1.29, 1.82) is 0 Å². The monoisotopic (exact) mass is 335 g/mol. The molecule has 2 unspecified atom stereocenters. The van der Waals surface area contributed by atoms with Crippen molar-refractivity contribution in [3.63, 3.8) is 0 Å². The molecule has 0 radical (unpaired) electrons. The molecule has 2 aromatic rings. The van der Waals surface area contributed by atoms with Crippen LogP contribution in [0, 0.1) is 5.92 Å². The van der Waals surface area contributed by atoms with Crippen LogP contribution in [0.3, 0.4) is 0 Å². The van der Waals surface area contributed by atoms with E-state index in [-0.39, 0.29) is 0 Å². The zero-order valence-electron chi connectivity index (χ0n) is 12.3. The van der Waals surface area contributed by atoms with Gasteiger partial charge in [0.15, 0.2) is 0 Å². The Labute approximate surface area is 145 Å². The van der Waals surface area contributed by atoms with E-state index in [1.807, 2.05) is 17.8 Å². The van der Waals surface area contributed by atoms with Gasteiger partial charge in [-0.25, -0.2) is 0 Å². The van der Waals surface area contributed by atoms with Crippen molar-refractivity contribution in [2.45, 2.75) is 10.9 Å². The third-order valence-corrected chi connectivity index (χ3v) is 6.07. The van der Waals surface area contributed by atoms with E-state index in [2.05, 4.69) is 71.7 Å². The molecule has 1 nitrogen and oxygen atoms in total. The number of anilines is 1. The Morgan fingerprint density at radius 2 is 1.78 bits per heavy atom. The normalized spacial score (nSPS) is 24.0. The molecule has 1 aliphatic carbocycles. The molecule has 0 fully saturated rings. The van der Waals surface area contributed by atoms with Crippen LogP contribution in [-0.4, -0.2) is 6.04 Å². The molecule has 0 saturated heterocycles. The fraction of sp³-hybridized carbons (Fsp3) is 0.100. The Kier molecular flexibility index (Phi) is 2.97. The van der Waals surface area contributed by atoms with Gasteiger partial charge in [0, 0.05) is 15.8 Å². The van der Waals surface area contributed by atoms with Gasteiger partial charge in [-0.15, -0.1) is 0 Å². The zero-order chi connectivity index (χ0) is 15.4. The van der Waals surface area contributed by atoms with Gasteiger partial charge in [-0.05, 0) is 29.3 Å². The molecule has 3 aliphatic rings. The maximum atomic E-state index is 6.26. The summed E-state index contributed by atoms with van der Waals surface area (Å²) in [4.78, 5) is 3.75. The van der Waals surface area contributed by atoms with Crippen LogP contribution in [0.2, 0.25) is 5.02 Å². The van der Waals surface area contributed by atoms with E-state index in [1.165, 1.54) is 26.7 Å². The molecule has 0 N–H and O–H groups in total. The quantitative estimate of drug-likeness (QED) is 0.653. The van der Waals surface area contributed by atoms with Gasteiger partial charge in [0.2, 0.25) is 0 Å². The topological polar surface area (TPSA) is 3.24 Å². The summed E-state index contributed by atoms with van der Waals surface area (Å²) in [6, 6.07) is 17.3. The molecule has 2 aliphatic heterocycles. The van der Waals surface area contributed by atoms with E-state index >= 15 is 0 Å². The molecule has 23 heavy (non-hydrogen) atoms. The molecule has 2 atom stereocenters. The summed E-state index contributed by atoms with van der Waals surface area (Å²) in [5.74, 6) is 0.400. The van der Waals surface area contributed by atoms with Gasteiger partial charge >= 0.3 is 0 Å². The molecule has 112 valence electrons. The summed E-state index contributed by atoms with van der Waals surface area (Å²) in [5.41, 5.74) is 3.97. The van der Waals surface area contributed by atoms with E-state index in [0.29, 0.717) is 12.0 Å². The van der Waals surface area contributed by atoms with Crippen LogP contribution in [0.15, 0.2) is 82.8 Å². The summed E-state index contributed by atoms with van der Waals surface area (Å²) in [7, 11) is 0. The van der Waals surface area contributed by atoms with Gasteiger partial charge in [-0.3, -0.25) is 0 Å². The van der Waals surface area contributed by atoms with Gasteiger partial charge in [-0.1, -0.05) is 78.0 Å². The summed E-state index contributed by atoms with van der Waals surface area (Å²) >= 11 is 8.12. The number of hydrogen-bond acceptors (Lipinski definition) is 2. The lowest BCUT2D eigenvalue weighted by atomic mass is 9.87. The molecule has 0 aromatic heterocycles. The molecule has 0 amide bonds. The Balaban J connectivity index is 1.74. The molecule has 0 spiro atoms. The smallest absolute Gasteiger partial charge is 0.0853 e. The second-order valence-electron chi connectivity index (χ2n) is 5.96. The van der Waals surface area contributed by atoms with Gasteiger partial charge in [0.05, 0.1) is 16.8 Å².